The molecule has 6 heteroatoms. The summed E-state index contributed by atoms with van der Waals surface area (Å²) in [4.78, 5) is 17.1. The quantitative estimate of drug-likeness (QED) is 0.840. The minimum absolute atomic E-state index is 0.00628. The van der Waals surface area contributed by atoms with E-state index in [2.05, 4.69) is 45.3 Å². The molecule has 0 saturated carbocycles. The van der Waals surface area contributed by atoms with E-state index in [4.69, 9.17) is 4.74 Å². The molecule has 0 unspecified atom stereocenters. The molecule has 1 aliphatic heterocycles. The number of carbonyl (C=O) groups is 1. The van der Waals surface area contributed by atoms with Crippen LogP contribution in [-0.4, -0.2) is 53.6 Å². The van der Waals surface area contributed by atoms with Crippen molar-refractivity contribution in [1.29, 1.82) is 0 Å². The third-order valence-electron chi connectivity index (χ3n) is 4.07. The van der Waals surface area contributed by atoms with Gasteiger partial charge in [0.2, 0.25) is 5.91 Å². The SMILES string of the molecule is CN(C)C(=O)CO[C@H]1CN(Cc2cccs2)Cc2cccn2C1. The van der Waals surface area contributed by atoms with Gasteiger partial charge in [0.15, 0.2) is 0 Å². The van der Waals surface area contributed by atoms with Crippen LogP contribution >= 0.6 is 11.3 Å². The molecule has 3 heterocycles. The van der Waals surface area contributed by atoms with E-state index in [0.717, 1.165) is 26.2 Å². The van der Waals surface area contributed by atoms with Crippen LogP contribution in [0.1, 0.15) is 10.6 Å². The Labute approximate surface area is 141 Å². The molecule has 2 aromatic heterocycles. The first-order chi connectivity index (χ1) is 11.1. The number of fused-ring (bicyclic) bond motifs is 1. The van der Waals surface area contributed by atoms with E-state index in [-0.39, 0.29) is 18.6 Å². The molecule has 0 spiro atoms. The van der Waals surface area contributed by atoms with Gasteiger partial charge >= 0.3 is 0 Å². The zero-order valence-electron chi connectivity index (χ0n) is 13.6. The molecular formula is C17H23N3O2S. The first kappa shape index (κ1) is 16.2. The number of hydrogen-bond acceptors (Lipinski definition) is 4. The summed E-state index contributed by atoms with van der Waals surface area (Å²) in [5, 5.41) is 2.11. The number of rotatable bonds is 5. The molecule has 0 saturated heterocycles. The van der Waals surface area contributed by atoms with Crippen LogP contribution in [0.5, 0.6) is 0 Å². The molecule has 1 atom stereocenters. The summed E-state index contributed by atoms with van der Waals surface area (Å²) in [5.41, 5.74) is 1.30. The van der Waals surface area contributed by atoms with Gasteiger partial charge in [0.05, 0.1) is 6.10 Å². The number of hydrogen-bond donors (Lipinski definition) is 0. The molecule has 23 heavy (non-hydrogen) atoms. The number of carbonyl (C=O) groups excluding carboxylic acids is 1. The number of thiophene rings is 1. The molecular weight excluding hydrogens is 310 g/mol. The summed E-state index contributed by atoms with van der Waals surface area (Å²) >= 11 is 1.78. The maximum absolute atomic E-state index is 11.8. The van der Waals surface area contributed by atoms with Crippen molar-refractivity contribution < 1.29 is 9.53 Å². The van der Waals surface area contributed by atoms with E-state index >= 15 is 0 Å². The second-order valence-electron chi connectivity index (χ2n) is 6.12. The van der Waals surface area contributed by atoms with Gasteiger partial charge in [0, 0.05) is 57.0 Å². The fourth-order valence-corrected chi connectivity index (χ4v) is 3.54. The Balaban J connectivity index is 1.68. The second kappa shape index (κ2) is 7.29. The van der Waals surface area contributed by atoms with Gasteiger partial charge in [-0.15, -0.1) is 11.3 Å². The van der Waals surface area contributed by atoms with Gasteiger partial charge in [0.25, 0.3) is 0 Å². The smallest absolute Gasteiger partial charge is 0.248 e. The number of likely N-dealkylation sites (N-methyl/N-ethyl adjacent to an activating group) is 1. The highest BCUT2D eigenvalue weighted by molar-refractivity contribution is 7.09. The predicted octanol–water partition coefficient (Wildman–Crippen LogP) is 2.04. The van der Waals surface area contributed by atoms with Crippen molar-refractivity contribution in [2.45, 2.75) is 25.7 Å². The lowest BCUT2D eigenvalue weighted by Gasteiger charge is -2.24. The average molecular weight is 333 g/mol. The molecule has 0 fully saturated rings. The third-order valence-corrected chi connectivity index (χ3v) is 4.93. The number of amides is 1. The summed E-state index contributed by atoms with van der Waals surface area (Å²) in [7, 11) is 3.51. The van der Waals surface area contributed by atoms with Crippen LogP contribution in [0, 0.1) is 0 Å². The van der Waals surface area contributed by atoms with Crippen molar-refractivity contribution in [3.8, 4) is 0 Å². The Kier molecular flexibility index (Phi) is 5.15. The Morgan fingerprint density at radius 3 is 2.96 bits per heavy atom. The Morgan fingerprint density at radius 1 is 1.35 bits per heavy atom. The first-order valence-corrected chi connectivity index (χ1v) is 8.70. The maximum atomic E-state index is 11.8. The van der Waals surface area contributed by atoms with E-state index in [0.29, 0.717) is 0 Å². The fraction of sp³-hybridized carbons (Fsp3) is 0.471. The van der Waals surface area contributed by atoms with Gasteiger partial charge in [0.1, 0.15) is 6.61 Å². The van der Waals surface area contributed by atoms with Gasteiger partial charge in [-0.1, -0.05) is 6.07 Å². The summed E-state index contributed by atoms with van der Waals surface area (Å²) in [6.45, 7) is 3.60. The highest BCUT2D eigenvalue weighted by Crippen LogP contribution is 2.19. The summed E-state index contributed by atoms with van der Waals surface area (Å²) in [5.74, 6) is 0.00628. The second-order valence-corrected chi connectivity index (χ2v) is 7.15. The molecule has 0 bridgehead atoms. The number of aromatic nitrogens is 1. The van der Waals surface area contributed by atoms with Crippen molar-refractivity contribution in [2.24, 2.45) is 0 Å². The van der Waals surface area contributed by atoms with Gasteiger partial charge in [-0.2, -0.15) is 0 Å². The van der Waals surface area contributed by atoms with Crippen LogP contribution in [0.4, 0.5) is 0 Å². The summed E-state index contributed by atoms with van der Waals surface area (Å²) < 4.78 is 8.15. The van der Waals surface area contributed by atoms with Crippen LogP contribution < -0.4 is 0 Å². The first-order valence-electron chi connectivity index (χ1n) is 7.82. The van der Waals surface area contributed by atoms with E-state index in [1.165, 1.54) is 10.6 Å². The number of nitrogens with zero attached hydrogens (tertiary/aromatic N) is 3. The largest absolute Gasteiger partial charge is 0.365 e. The molecule has 5 nitrogen and oxygen atoms in total. The van der Waals surface area contributed by atoms with Crippen LogP contribution in [0.15, 0.2) is 35.8 Å². The van der Waals surface area contributed by atoms with Crippen molar-refractivity contribution in [2.75, 3.05) is 27.2 Å². The van der Waals surface area contributed by atoms with Crippen molar-refractivity contribution >= 4 is 17.2 Å². The van der Waals surface area contributed by atoms with E-state index in [9.17, 15) is 4.79 Å². The molecule has 0 N–H and O–H groups in total. The Bertz CT molecular complexity index is 636. The van der Waals surface area contributed by atoms with Crippen LogP contribution in [0.3, 0.4) is 0 Å². The van der Waals surface area contributed by atoms with Crippen molar-refractivity contribution in [3.05, 3.63) is 46.4 Å². The fourth-order valence-electron chi connectivity index (χ4n) is 2.80. The molecule has 0 aromatic carbocycles. The van der Waals surface area contributed by atoms with Crippen LogP contribution in [0.2, 0.25) is 0 Å². The molecule has 2 aromatic rings. The highest BCUT2D eigenvalue weighted by atomic mass is 32.1. The minimum Gasteiger partial charge on any atom is -0.365 e. The average Bonchev–Trinajstić information content (AvgIpc) is 3.14. The summed E-state index contributed by atoms with van der Waals surface area (Å²) in [6.07, 6.45) is 2.11. The monoisotopic (exact) mass is 333 g/mol. The molecule has 124 valence electrons. The lowest BCUT2D eigenvalue weighted by Crippen LogP contribution is -2.35. The maximum Gasteiger partial charge on any atom is 0.248 e. The standard InChI is InChI=1S/C17H23N3O2S/c1-18(2)17(21)13-22-15-10-19(12-16-6-4-8-23-16)9-14-5-3-7-20(14)11-15/h3-8,15H,9-13H2,1-2H3/t15-/m0/s1. The topological polar surface area (TPSA) is 37.7 Å². The van der Waals surface area contributed by atoms with Crippen LogP contribution in [0.25, 0.3) is 0 Å². The third kappa shape index (κ3) is 4.22. The van der Waals surface area contributed by atoms with E-state index in [1.807, 2.05) is 0 Å². The number of ether oxygens (including phenoxy) is 1. The van der Waals surface area contributed by atoms with Gasteiger partial charge < -0.3 is 14.2 Å². The minimum atomic E-state index is 0.00628. The predicted molar refractivity (Wildman–Crippen MR) is 91.3 cm³/mol. The van der Waals surface area contributed by atoms with Gasteiger partial charge in [-0.05, 0) is 23.6 Å². The van der Waals surface area contributed by atoms with E-state index in [1.54, 1.807) is 30.3 Å². The molecule has 3 rings (SSSR count). The molecule has 0 radical (unpaired) electrons. The van der Waals surface area contributed by atoms with Crippen LogP contribution in [-0.2, 0) is 29.2 Å². The Hall–Kier alpha value is -1.63. The lowest BCUT2D eigenvalue weighted by atomic mass is 10.3. The van der Waals surface area contributed by atoms with Gasteiger partial charge in [-0.3, -0.25) is 9.69 Å². The Morgan fingerprint density at radius 2 is 2.22 bits per heavy atom. The van der Waals surface area contributed by atoms with Crippen molar-refractivity contribution in [1.82, 2.24) is 14.4 Å². The highest BCUT2D eigenvalue weighted by Gasteiger charge is 2.23. The van der Waals surface area contributed by atoms with E-state index < -0.39 is 0 Å². The molecule has 1 aliphatic rings. The van der Waals surface area contributed by atoms with Gasteiger partial charge in [-0.25, -0.2) is 0 Å². The summed E-state index contributed by atoms with van der Waals surface area (Å²) in [6, 6.07) is 8.49. The zero-order valence-corrected chi connectivity index (χ0v) is 14.5. The molecule has 1 amide bonds. The zero-order chi connectivity index (χ0) is 16.2. The molecule has 0 aliphatic carbocycles. The van der Waals surface area contributed by atoms with Crippen molar-refractivity contribution in [3.63, 3.8) is 0 Å². The lowest BCUT2D eigenvalue weighted by molar-refractivity contribution is -0.136. The normalized spacial score (nSPS) is 18.4.